The Balaban J connectivity index is 1.87. The molecule has 0 bridgehead atoms. The van der Waals surface area contributed by atoms with Crippen LogP contribution in [0.5, 0.6) is 0 Å². The molecule has 17 heavy (non-hydrogen) atoms. The number of carbonyl (C=O) groups excluding carboxylic acids is 1. The van der Waals surface area contributed by atoms with Crippen LogP contribution in [-0.4, -0.2) is 49.5 Å². The number of rotatable bonds is 5. The Kier molecular flexibility index (Phi) is 3.70. The Hall–Kier alpha value is -0.660. The summed E-state index contributed by atoms with van der Waals surface area (Å²) in [6.07, 6.45) is 0.281. The summed E-state index contributed by atoms with van der Waals surface area (Å²) >= 11 is 2.87. The third-order valence-corrected chi connectivity index (χ3v) is 5.21. The molecule has 0 aromatic carbocycles. The van der Waals surface area contributed by atoms with Crippen LogP contribution in [0.3, 0.4) is 0 Å². The minimum Gasteiger partial charge on any atom is -0.477 e. The van der Waals surface area contributed by atoms with Crippen LogP contribution in [0.25, 0.3) is 0 Å². The summed E-state index contributed by atoms with van der Waals surface area (Å²) in [5.41, 5.74) is 0.0809. The number of nitrogens with zero attached hydrogens (tertiary/aromatic N) is 1. The van der Waals surface area contributed by atoms with Gasteiger partial charge in [0.25, 0.3) is 0 Å². The molecule has 3 atom stereocenters. The second-order valence-electron chi connectivity index (χ2n) is 3.97. The van der Waals surface area contributed by atoms with Gasteiger partial charge >= 0.3 is 5.97 Å². The molecule has 2 aliphatic heterocycles. The van der Waals surface area contributed by atoms with E-state index in [9.17, 15) is 9.59 Å². The zero-order valence-electron chi connectivity index (χ0n) is 9.20. The fourth-order valence-corrected chi connectivity index (χ4v) is 4.47. The van der Waals surface area contributed by atoms with Crippen LogP contribution < -0.4 is 0 Å². The monoisotopic (exact) mass is 275 g/mol. The van der Waals surface area contributed by atoms with Gasteiger partial charge in [-0.25, -0.2) is 4.79 Å². The molecule has 5 nitrogen and oxygen atoms in total. The van der Waals surface area contributed by atoms with Crippen molar-refractivity contribution in [1.82, 2.24) is 4.90 Å². The van der Waals surface area contributed by atoms with Crippen molar-refractivity contribution >= 4 is 35.4 Å². The number of amides is 1. The van der Waals surface area contributed by atoms with Gasteiger partial charge in [-0.15, -0.1) is 23.5 Å². The number of aliphatic carboxylic acids is 1. The van der Waals surface area contributed by atoms with Gasteiger partial charge in [0.05, 0.1) is 6.10 Å². The SMILES string of the molecule is CC(O)CCSC1C(=O)N2C(C(=O)O)=CS[C@H]12. The maximum Gasteiger partial charge on any atom is 0.353 e. The normalized spacial score (nSPS) is 28.5. The van der Waals surface area contributed by atoms with Crippen LogP contribution in [0.2, 0.25) is 0 Å². The van der Waals surface area contributed by atoms with Crippen LogP contribution in [0, 0.1) is 0 Å². The van der Waals surface area contributed by atoms with E-state index in [4.69, 9.17) is 10.2 Å². The first-order chi connectivity index (χ1) is 8.02. The quantitative estimate of drug-likeness (QED) is 0.719. The van der Waals surface area contributed by atoms with Gasteiger partial charge in [-0.2, -0.15) is 0 Å². The van der Waals surface area contributed by atoms with E-state index in [2.05, 4.69) is 0 Å². The number of fused-ring (bicyclic) bond motifs is 1. The van der Waals surface area contributed by atoms with Gasteiger partial charge in [0.1, 0.15) is 16.3 Å². The van der Waals surface area contributed by atoms with Crippen molar-refractivity contribution < 1.29 is 19.8 Å². The van der Waals surface area contributed by atoms with E-state index in [1.165, 1.54) is 33.8 Å². The lowest BCUT2D eigenvalue weighted by Gasteiger charge is -2.41. The molecule has 0 aromatic rings. The first kappa shape index (κ1) is 12.8. The van der Waals surface area contributed by atoms with Crippen molar-refractivity contribution in [2.45, 2.75) is 30.1 Å². The maximum absolute atomic E-state index is 11.8. The molecule has 2 N–H and O–H groups in total. The van der Waals surface area contributed by atoms with Crippen molar-refractivity contribution in [2.24, 2.45) is 0 Å². The highest BCUT2D eigenvalue weighted by Gasteiger charge is 2.53. The van der Waals surface area contributed by atoms with E-state index in [1.54, 1.807) is 6.92 Å². The Morgan fingerprint density at radius 3 is 3.00 bits per heavy atom. The fourth-order valence-electron chi connectivity index (χ4n) is 1.69. The summed E-state index contributed by atoms with van der Waals surface area (Å²) in [5.74, 6) is -0.480. The van der Waals surface area contributed by atoms with Gasteiger partial charge in [0.15, 0.2) is 0 Å². The van der Waals surface area contributed by atoms with Crippen LogP contribution in [0.1, 0.15) is 13.3 Å². The topological polar surface area (TPSA) is 77.8 Å². The molecular formula is C10H13NO4S2. The number of hydrogen-bond acceptors (Lipinski definition) is 5. The van der Waals surface area contributed by atoms with Crippen LogP contribution in [0.4, 0.5) is 0 Å². The predicted octanol–water partition coefficient (Wildman–Crippen LogP) is 0.700. The first-order valence-electron chi connectivity index (χ1n) is 5.24. The van der Waals surface area contributed by atoms with Crippen molar-refractivity contribution in [1.29, 1.82) is 0 Å². The van der Waals surface area contributed by atoms with E-state index in [0.717, 1.165) is 0 Å². The predicted molar refractivity (Wildman–Crippen MR) is 66.5 cm³/mol. The van der Waals surface area contributed by atoms with E-state index >= 15 is 0 Å². The van der Waals surface area contributed by atoms with E-state index in [0.29, 0.717) is 12.2 Å². The Morgan fingerprint density at radius 2 is 2.41 bits per heavy atom. The largest absolute Gasteiger partial charge is 0.477 e. The van der Waals surface area contributed by atoms with Crippen molar-refractivity contribution in [3.63, 3.8) is 0 Å². The lowest BCUT2D eigenvalue weighted by Crippen LogP contribution is -2.59. The molecule has 0 aliphatic carbocycles. The summed E-state index contributed by atoms with van der Waals surface area (Å²) in [7, 11) is 0. The van der Waals surface area contributed by atoms with Gasteiger partial charge in [-0.05, 0) is 19.1 Å². The fraction of sp³-hybridized carbons (Fsp3) is 0.600. The number of carboxylic acid groups (broad SMARTS) is 1. The summed E-state index contributed by atoms with van der Waals surface area (Å²) in [5, 5.41) is 19.3. The number of β-lactam (4-membered cyclic amide) rings is 1. The molecule has 2 rings (SSSR count). The minimum absolute atomic E-state index is 0.0763. The Labute approximate surface area is 107 Å². The lowest BCUT2D eigenvalue weighted by atomic mass is 10.1. The number of carbonyl (C=O) groups is 2. The average Bonchev–Trinajstić information content (AvgIpc) is 2.64. The standard InChI is InChI=1S/C10H13NO4S2/c1-5(12)2-3-16-7-8(13)11-6(10(14)15)4-17-9(7)11/h4-5,7,9,12H,2-3H2,1H3,(H,14,15)/t5?,7?,9-/m1/s1. The molecule has 2 unspecified atom stereocenters. The molecule has 0 aromatic heterocycles. The number of aliphatic hydroxyl groups excluding tert-OH is 1. The second kappa shape index (κ2) is 4.91. The van der Waals surface area contributed by atoms with Crippen LogP contribution in [-0.2, 0) is 9.59 Å². The Morgan fingerprint density at radius 1 is 1.71 bits per heavy atom. The third kappa shape index (κ3) is 2.31. The number of carboxylic acids is 1. The van der Waals surface area contributed by atoms with Gasteiger partial charge in [0, 0.05) is 5.41 Å². The van der Waals surface area contributed by atoms with Crippen molar-refractivity contribution in [3.8, 4) is 0 Å². The highest BCUT2D eigenvalue weighted by Crippen LogP contribution is 2.46. The van der Waals surface area contributed by atoms with Gasteiger partial charge in [-0.1, -0.05) is 0 Å². The van der Waals surface area contributed by atoms with Gasteiger partial charge in [-0.3, -0.25) is 9.69 Å². The molecule has 2 heterocycles. The minimum atomic E-state index is -1.05. The van der Waals surface area contributed by atoms with Gasteiger partial charge in [0.2, 0.25) is 5.91 Å². The number of aliphatic hydroxyl groups is 1. The number of hydrogen-bond donors (Lipinski definition) is 2. The molecule has 2 aliphatic rings. The molecule has 0 radical (unpaired) electrons. The highest BCUT2D eigenvalue weighted by atomic mass is 32.2. The number of thioether (sulfide) groups is 2. The molecule has 0 spiro atoms. The highest BCUT2D eigenvalue weighted by molar-refractivity contribution is 8.06. The zero-order valence-corrected chi connectivity index (χ0v) is 10.8. The van der Waals surface area contributed by atoms with Crippen LogP contribution in [0.15, 0.2) is 11.1 Å². The first-order valence-corrected chi connectivity index (χ1v) is 7.23. The van der Waals surface area contributed by atoms with E-state index in [-0.39, 0.29) is 28.3 Å². The van der Waals surface area contributed by atoms with Crippen LogP contribution >= 0.6 is 23.5 Å². The second-order valence-corrected chi connectivity index (χ2v) is 6.21. The molecule has 1 amide bonds. The maximum atomic E-state index is 11.8. The average molecular weight is 275 g/mol. The van der Waals surface area contributed by atoms with Crippen molar-refractivity contribution in [2.75, 3.05) is 5.75 Å². The molecule has 1 fully saturated rings. The molecule has 7 heteroatoms. The lowest BCUT2D eigenvalue weighted by molar-refractivity contribution is -0.144. The van der Waals surface area contributed by atoms with Crippen molar-refractivity contribution in [3.05, 3.63) is 11.1 Å². The van der Waals surface area contributed by atoms with E-state index in [1.807, 2.05) is 0 Å². The smallest absolute Gasteiger partial charge is 0.353 e. The summed E-state index contributed by atoms with van der Waals surface area (Å²) in [6, 6.07) is 0. The molecular weight excluding hydrogens is 262 g/mol. The van der Waals surface area contributed by atoms with E-state index < -0.39 is 5.97 Å². The molecule has 0 saturated carbocycles. The third-order valence-electron chi connectivity index (χ3n) is 2.63. The molecule has 94 valence electrons. The Bertz CT molecular complexity index is 383. The summed E-state index contributed by atoms with van der Waals surface area (Å²) in [6.45, 7) is 1.71. The summed E-state index contributed by atoms with van der Waals surface area (Å²) in [4.78, 5) is 23.9. The van der Waals surface area contributed by atoms with Gasteiger partial charge < -0.3 is 10.2 Å². The summed E-state index contributed by atoms with van der Waals surface area (Å²) < 4.78 is 0. The molecule has 1 saturated heterocycles. The zero-order chi connectivity index (χ0) is 12.6.